The van der Waals surface area contributed by atoms with Gasteiger partial charge in [-0.1, -0.05) is 34.8 Å². The molecular weight excluding hydrogens is 317 g/mol. The first-order valence-electron chi connectivity index (χ1n) is 1.79. The Bertz CT molecular complexity index is 126. The van der Waals surface area contributed by atoms with Gasteiger partial charge in [-0.3, -0.25) is 0 Å². The van der Waals surface area contributed by atoms with Crippen molar-refractivity contribution in [3.8, 4) is 0 Å². The summed E-state index contributed by atoms with van der Waals surface area (Å²) in [6, 6.07) is 0. The number of carbonyl (C=O) groups is 3. The molecule has 0 N–H and O–H groups in total. The van der Waals surface area contributed by atoms with Gasteiger partial charge in [-0.15, -0.1) is 0 Å². The van der Waals surface area contributed by atoms with Crippen LogP contribution in [-0.2, 0) is 17.1 Å². The first-order chi connectivity index (χ1) is 5.20. The van der Waals surface area contributed by atoms with Gasteiger partial charge >= 0.3 is 46.6 Å². The summed E-state index contributed by atoms with van der Waals surface area (Å²) < 4.78 is 0. The Balaban J connectivity index is -0.0000000270. The fraction of sp³-hybridized carbons (Fsp3) is 0. The molecule has 14 heavy (non-hydrogen) atoms. The molecule has 0 rings (SSSR count). The molecule has 11 heteroatoms. The van der Waals surface area contributed by atoms with Gasteiger partial charge in [-0.25, -0.2) is 0 Å². The van der Waals surface area contributed by atoms with E-state index in [0.717, 1.165) is 0 Å². The molecule has 0 spiro atoms. The molecule has 0 radical (unpaired) electrons. The number of carbonyl (C=O) groups excluding carboxylic acids is 3. The van der Waals surface area contributed by atoms with Gasteiger partial charge in [0.05, 0.1) is 0 Å². The Hall–Kier alpha value is 0.799. The summed E-state index contributed by atoms with van der Waals surface area (Å²) in [6.45, 7) is 0. The Morgan fingerprint density at radius 1 is 0.714 bits per heavy atom. The maximum absolute atomic E-state index is 8.65. The van der Waals surface area contributed by atoms with Crippen LogP contribution in [0.15, 0.2) is 0 Å². The van der Waals surface area contributed by atoms with Crippen LogP contribution < -0.4 is 44.9 Å². The predicted octanol–water partition coefficient (Wildman–Crippen LogP) is -4.29. The van der Waals surface area contributed by atoms with Gasteiger partial charge in [0.2, 0.25) is 0 Å². The summed E-state index contributed by atoms with van der Waals surface area (Å²) in [6.07, 6.45) is 0. The summed E-state index contributed by atoms with van der Waals surface area (Å²) in [7, 11) is 0. The minimum absolute atomic E-state index is 0. The third-order valence-electron chi connectivity index (χ3n) is 0. The van der Waals surface area contributed by atoms with E-state index in [1.807, 2.05) is 0 Å². The third kappa shape index (κ3) is 2790. The molecule has 0 unspecified atom stereocenters. The van der Waals surface area contributed by atoms with Gasteiger partial charge in [0, 0.05) is 0 Å². The van der Waals surface area contributed by atoms with Crippen LogP contribution in [0.5, 0.6) is 0 Å². The van der Waals surface area contributed by atoms with Crippen molar-refractivity contribution in [1.82, 2.24) is 0 Å². The van der Waals surface area contributed by atoms with E-state index in [2.05, 4.69) is 34.8 Å². The van der Waals surface area contributed by atoms with Crippen molar-refractivity contribution in [2.45, 2.75) is 0 Å². The van der Waals surface area contributed by atoms with Crippen molar-refractivity contribution in [3.05, 3.63) is 0 Å². The molecule has 0 atom stereocenters. The van der Waals surface area contributed by atoms with E-state index in [1.165, 1.54) is 0 Å². The van der Waals surface area contributed by atoms with E-state index in [0.29, 0.717) is 0 Å². The molecule has 0 aliphatic rings. The molecule has 0 bridgehead atoms. The van der Waals surface area contributed by atoms with Crippen molar-refractivity contribution < 1.29 is 76.3 Å². The Labute approximate surface area is 126 Å². The van der Waals surface area contributed by atoms with Crippen molar-refractivity contribution in [3.63, 3.8) is 0 Å². The number of carboxylic acid groups (broad SMARTS) is 3. The van der Waals surface area contributed by atoms with E-state index >= 15 is 0 Å². The summed E-state index contributed by atoms with van der Waals surface area (Å²) in [5, 5.41) is 26.0. The fourth-order valence-corrected chi connectivity index (χ4v) is 0. The topological polar surface area (TPSA) is 120 Å². The van der Waals surface area contributed by atoms with E-state index in [9.17, 15) is 0 Å². The van der Waals surface area contributed by atoms with Crippen LogP contribution in [0.2, 0.25) is 0 Å². The predicted molar refractivity (Wildman–Crippen MR) is 33.7 cm³/mol. The zero-order valence-corrected chi connectivity index (χ0v) is 11.8. The second-order valence-corrected chi connectivity index (χ2v) is 1.64. The molecular formula is C3Cl3FeNaO6. The first kappa shape index (κ1) is 29.3. The maximum Gasteiger partial charge on any atom is 2.00 e. The van der Waals surface area contributed by atoms with Gasteiger partial charge in [-0.05, 0) is 0 Å². The minimum atomic E-state index is -1.61. The zero-order chi connectivity index (χ0) is 10.7. The largest absolute Gasteiger partial charge is 2.00 e. The monoisotopic (exact) mass is 316 g/mol. The van der Waals surface area contributed by atoms with Crippen LogP contribution in [0, 0.1) is 0 Å². The molecule has 0 aliphatic heterocycles. The second kappa shape index (κ2) is 23.5. The number of halogens is 3. The van der Waals surface area contributed by atoms with Crippen LogP contribution in [0.1, 0.15) is 0 Å². The average molecular weight is 317 g/mol. The molecule has 78 valence electrons. The summed E-state index contributed by atoms with van der Waals surface area (Å²) in [5.74, 6) is 0. The molecule has 0 aliphatic carbocycles. The standard InChI is InChI=1S/3CHClO2.Fe.Na/c3*2-1(3)4;;/h3*(H,3,4);;/q;;;+2;+1/p-3. The molecule has 0 saturated heterocycles. The quantitative estimate of drug-likeness (QED) is 0.329. The van der Waals surface area contributed by atoms with E-state index in [-0.39, 0.29) is 46.6 Å². The van der Waals surface area contributed by atoms with Crippen LogP contribution in [0.4, 0.5) is 14.4 Å². The van der Waals surface area contributed by atoms with Gasteiger partial charge in [0.1, 0.15) is 16.3 Å². The molecule has 0 amide bonds. The molecule has 0 aromatic heterocycles. The van der Waals surface area contributed by atoms with Crippen LogP contribution >= 0.6 is 34.8 Å². The summed E-state index contributed by atoms with van der Waals surface area (Å²) >= 11 is 12.2. The molecule has 6 nitrogen and oxygen atoms in total. The van der Waals surface area contributed by atoms with Crippen molar-refractivity contribution >= 4 is 51.1 Å². The molecule has 0 heterocycles. The van der Waals surface area contributed by atoms with Crippen LogP contribution in [0.25, 0.3) is 0 Å². The smallest absolute Gasteiger partial charge is 0.534 e. The molecule has 0 aromatic rings. The number of hydrogen-bond donors (Lipinski definition) is 0. The maximum atomic E-state index is 8.65. The minimum Gasteiger partial charge on any atom is -0.534 e. The summed E-state index contributed by atoms with van der Waals surface area (Å²) in [5.41, 5.74) is -4.83. The average Bonchev–Trinajstić information content (AvgIpc) is 1.54. The number of hydrogen-bond acceptors (Lipinski definition) is 6. The van der Waals surface area contributed by atoms with Crippen molar-refractivity contribution in [2.24, 2.45) is 0 Å². The molecule has 0 saturated carbocycles. The van der Waals surface area contributed by atoms with E-state index in [1.54, 1.807) is 0 Å². The first-order valence-corrected chi connectivity index (χ1v) is 2.93. The Morgan fingerprint density at radius 2 is 0.714 bits per heavy atom. The Morgan fingerprint density at radius 3 is 0.714 bits per heavy atom. The van der Waals surface area contributed by atoms with Crippen molar-refractivity contribution in [2.75, 3.05) is 0 Å². The SMILES string of the molecule is O=C([O-])Cl.O=C([O-])Cl.O=C([O-])Cl.[Fe+2].[Na+]. The Kier molecular flexibility index (Phi) is 49.3. The van der Waals surface area contributed by atoms with Crippen LogP contribution in [-0.4, -0.2) is 16.3 Å². The summed E-state index contributed by atoms with van der Waals surface area (Å²) in [4.78, 5) is 26.0. The molecule has 0 fully saturated rings. The number of rotatable bonds is 0. The van der Waals surface area contributed by atoms with Gasteiger partial charge in [0.15, 0.2) is 0 Å². The molecule has 0 aromatic carbocycles. The fourth-order valence-electron chi connectivity index (χ4n) is 0. The second-order valence-electron chi connectivity index (χ2n) is 0.713. The van der Waals surface area contributed by atoms with Gasteiger partial charge in [0.25, 0.3) is 0 Å². The third-order valence-corrected chi connectivity index (χ3v) is 0. The zero-order valence-electron chi connectivity index (χ0n) is 6.44. The van der Waals surface area contributed by atoms with Gasteiger partial charge in [-0.2, -0.15) is 0 Å². The van der Waals surface area contributed by atoms with E-state index in [4.69, 9.17) is 29.7 Å². The van der Waals surface area contributed by atoms with Crippen LogP contribution in [0.3, 0.4) is 0 Å². The van der Waals surface area contributed by atoms with E-state index < -0.39 is 16.3 Å². The van der Waals surface area contributed by atoms with Gasteiger partial charge < -0.3 is 29.7 Å². The normalized spacial score (nSPS) is 5.36. The van der Waals surface area contributed by atoms with Crippen molar-refractivity contribution in [1.29, 1.82) is 0 Å².